The van der Waals surface area contributed by atoms with Crippen molar-refractivity contribution in [1.82, 2.24) is 4.90 Å². The third-order valence-corrected chi connectivity index (χ3v) is 3.13. The molecule has 4 nitrogen and oxygen atoms in total. The predicted octanol–water partition coefficient (Wildman–Crippen LogP) is 0.480. The molecule has 1 fully saturated rings. The summed E-state index contributed by atoms with van der Waals surface area (Å²) in [6.45, 7) is 2.65. The van der Waals surface area contributed by atoms with Crippen LogP contribution in [-0.4, -0.2) is 35.8 Å². The molecule has 4 heteroatoms. The van der Waals surface area contributed by atoms with E-state index < -0.39 is 11.5 Å². The Kier molecular flexibility index (Phi) is 1.87. The van der Waals surface area contributed by atoms with Crippen LogP contribution in [0.2, 0.25) is 0 Å². The Labute approximate surface area is 82.5 Å². The number of hydrogen-bond acceptors (Lipinski definition) is 4. The molecule has 0 bridgehead atoms. The second-order valence-corrected chi connectivity index (χ2v) is 3.91. The molecule has 0 amide bonds. The molecule has 0 aromatic heterocycles. The van der Waals surface area contributed by atoms with E-state index in [0.717, 1.165) is 19.4 Å². The standard InChI is InChI=1S/C10H13NO3/c1-10-4-3-5-11(10)7(6-8(10)12)9(13)14-2/h6H,3-5H2,1-2H3/t10-/m0/s1. The van der Waals surface area contributed by atoms with Gasteiger partial charge >= 0.3 is 5.97 Å². The van der Waals surface area contributed by atoms with Crippen LogP contribution in [0.15, 0.2) is 11.8 Å². The van der Waals surface area contributed by atoms with E-state index in [1.54, 1.807) is 0 Å². The Morgan fingerprint density at radius 1 is 1.64 bits per heavy atom. The lowest BCUT2D eigenvalue weighted by Crippen LogP contribution is -2.42. The zero-order valence-electron chi connectivity index (χ0n) is 8.37. The topological polar surface area (TPSA) is 46.6 Å². The van der Waals surface area contributed by atoms with Crippen molar-refractivity contribution in [3.63, 3.8) is 0 Å². The fourth-order valence-electron chi connectivity index (χ4n) is 2.24. The highest BCUT2D eigenvalue weighted by molar-refractivity contribution is 6.08. The van der Waals surface area contributed by atoms with Gasteiger partial charge in [-0.05, 0) is 19.8 Å². The first-order chi connectivity index (χ1) is 6.59. The smallest absolute Gasteiger partial charge is 0.354 e. The normalized spacial score (nSPS) is 30.3. The van der Waals surface area contributed by atoms with Crippen molar-refractivity contribution in [1.29, 1.82) is 0 Å². The van der Waals surface area contributed by atoms with E-state index >= 15 is 0 Å². The van der Waals surface area contributed by atoms with Gasteiger partial charge in [0.1, 0.15) is 11.2 Å². The van der Waals surface area contributed by atoms with Crippen molar-refractivity contribution >= 4 is 11.8 Å². The van der Waals surface area contributed by atoms with Crippen molar-refractivity contribution in [3.05, 3.63) is 11.8 Å². The monoisotopic (exact) mass is 195 g/mol. The summed E-state index contributed by atoms with van der Waals surface area (Å²) < 4.78 is 4.63. The summed E-state index contributed by atoms with van der Waals surface area (Å²) in [5, 5.41) is 0. The molecule has 2 aliphatic heterocycles. The maximum Gasteiger partial charge on any atom is 0.354 e. The Morgan fingerprint density at radius 2 is 2.36 bits per heavy atom. The summed E-state index contributed by atoms with van der Waals surface area (Å²) in [5.74, 6) is -0.389. The van der Waals surface area contributed by atoms with Crippen molar-refractivity contribution in [2.45, 2.75) is 25.3 Å². The Balaban J connectivity index is 2.34. The van der Waals surface area contributed by atoms with Crippen LogP contribution in [0.1, 0.15) is 19.8 Å². The lowest BCUT2D eigenvalue weighted by atomic mass is 9.96. The molecular weight excluding hydrogens is 182 g/mol. The van der Waals surface area contributed by atoms with Gasteiger partial charge in [-0.1, -0.05) is 0 Å². The number of ketones is 1. The first-order valence-corrected chi connectivity index (χ1v) is 4.71. The number of carbonyl (C=O) groups is 2. The minimum Gasteiger partial charge on any atom is -0.464 e. The SMILES string of the molecule is COC(=O)C1=CC(=O)[C@]2(C)CCCN12. The number of methoxy groups -OCH3 is 1. The molecule has 76 valence electrons. The van der Waals surface area contributed by atoms with Gasteiger partial charge in [-0.3, -0.25) is 4.79 Å². The zero-order chi connectivity index (χ0) is 10.3. The Bertz CT molecular complexity index is 334. The molecule has 0 radical (unpaired) electrons. The molecule has 0 saturated carbocycles. The van der Waals surface area contributed by atoms with Crippen molar-refractivity contribution in [3.8, 4) is 0 Å². The minimum absolute atomic E-state index is 0.0235. The summed E-state index contributed by atoms with van der Waals surface area (Å²) in [6.07, 6.45) is 3.18. The molecule has 14 heavy (non-hydrogen) atoms. The van der Waals surface area contributed by atoms with Gasteiger partial charge in [0.25, 0.3) is 0 Å². The molecule has 1 atom stereocenters. The van der Waals surface area contributed by atoms with Crippen LogP contribution in [-0.2, 0) is 14.3 Å². The number of esters is 1. The average molecular weight is 195 g/mol. The minimum atomic E-state index is -0.483. The number of hydrogen-bond donors (Lipinski definition) is 0. The van der Waals surface area contributed by atoms with E-state index in [9.17, 15) is 9.59 Å². The number of ether oxygens (including phenoxy) is 1. The lowest BCUT2D eigenvalue weighted by molar-refractivity contribution is -0.138. The van der Waals surface area contributed by atoms with E-state index in [4.69, 9.17) is 0 Å². The van der Waals surface area contributed by atoms with E-state index in [2.05, 4.69) is 4.74 Å². The molecule has 0 aromatic rings. The highest BCUT2D eigenvalue weighted by Gasteiger charge is 2.49. The first-order valence-electron chi connectivity index (χ1n) is 4.71. The van der Waals surface area contributed by atoms with E-state index in [0.29, 0.717) is 5.70 Å². The third kappa shape index (κ3) is 0.997. The van der Waals surface area contributed by atoms with Gasteiger partial charge in [0.15, 0.2) is 5.78 Å². The van der Waals surface area contributed by atoms with Crippen molar-refractivity contribution in [2.24, 2.45) is 0 Å². The molecule has 0 N–H and O–H groups in total. The number of rotatable bonds is 1. The molecule has 2 heterocycles. The van der Waals surface area contributed by atoms with Crippen LogP contribution in [0.25, 0.3) is 0 Å². The molecule has 1 saturated heterocycles. The Morgan fingerprint density at radius 3 is 3.00 bits per heavy atom. The predicted molar refractivity (Wildman–Crippen MR) is 49.5 cm³/mol. The summed E-state index contributed by atoms with van der Waals surface area (Å²) in [4.78, 5) is 24.9. The van der Waals surface area contributed by atoms with Gasteiger partial charge in [0.05, 0.1) is 7.11 Å². The summed E-state index contributed by atoms with van der Waals surface area (Å²) in [6, 6.07) is 0. The fraction of sp³-hybridized carbons (Fsp3) is 0.600. The fourth-order valence-corrected chi connectivity index (χ4v) is 2.24. The van der Waals surface area contributed by atoms with E-state index in [-0.39, 0.29) is 5.78 Å². The van der Waals surface area contributed by atoms with Crippen LogP contribution in [0, 0.1) is 0 Å². The van der Waals surface area contributed by atoms with Crippen LogP contribution < -0.4 is 0 Å². The van der Waals surface area contributed by atoms with Crippen LogP contribution in [0.5, 0.6) is 0 Å². The Hall–Kier alpha value is -1.32. The summed E-state index contributed by atoms with van der Waals surface area (Å²) in [7, 11) is 1.33. The van der Waals surface area contributed by atoms with Crippen molar-refractivity contribution in [2.75, 3.05) is 13.7 Å². The molecule has 0 unspecified atom stereocenters. The summed E-state index contributed by atoms with van der Waals surface area (Å²) in [5.41, 5.74) is -0.0683. The molecule has 0 aromatic carbocycles. The summed E-state index contributed by atoms with van der Waals surface area (Å²) >= 11 is 0. The second-order valence-electron chi connectivity index (χ2n) is 3.91. The maximum absolute atomic E-state index is 11.7. The van der Waals surface area contributed by atoms with Crippen LogP contribution in [0.4, 0.5) is 0 Å². The van der Waals surface area contributed by atoms with Crippen LogP contribution >= 0.6 is 0 Å². The van der Waals surface area contributed by atoms with Crippen molar-refractivity contribution < 1.29 is 14.3 Å². The quantitative estimate of drug-likeness (QED) is 0.571. The number of fused-ring (bicyclic) bond motifs is 1. The maximum atomic E-state index is 11.7. The molecular formula is C10H13NO3. The van der Waals surface area contributed by atoms with E-state index in [1.807, 2.05) is 11.8 Å². The first kappa shape index (κ1) is 9.24. The van der Waals surface area contributed by atoms with Crippen LogP contribution in [0.3, 0.4) is 0 Å². The number of nitrogens with zero attached hydrogens (tertiary/aromatic N) is 1. The molecule has 2 rings (SSSR count). The van der Waals surface area contributed by atoms with Gasteiger partial charge < -0.3 is 9.64 Å². The van der Waals surface area contributed by atoms with Gasteiger partial charge in [-0.25, -0.2) is 4.79 Å². The second kappa shape index (κ2) is 2.83. The number of carbonyl (C=O) groups excluding carboxylic acids is 2. The van der Waals surface area contributed by atoms with E-state index in [1.165, 1.54) is 13.2 Å². The molecule has 0 spiro atoms. The highest BCUT2D eigenvalue weighted by Crippen LogP contribution is 2.38. The highest BCUT2D eigenvalue weighted by atomic mass is 16.5. The van der Waals surface area contributed by atoms with Gasteiger partial charge in [0.2, 0.25) is 0 Å². The molecule has 2 aliphatic rings. The largest absolute Gasteiger partial charge is 0.464 e. The lowest BCUT2D eigenvalue weighted by Gasteiger charge is -2.29. The van der Waals surface area contributed by atoms with Gasteiger partial charge in [-0.15, -0.1) is 0 Å². The molecule has 0 aliphatic carbocycles. The average Bonchev–Trinajstić information content (AvgIpc) is 2.65. The van der Waals surface area contributed by atoms with Gasteiger partial charge in [0, 0.05) is 12.6 Å². The zero-order valence-corrected chi connectivity index (χ0v) is 8.37. The third-order valence-electron chi connectivity index (χ3n) is 3.13. The van der Waals surface area contributed by atoms with Gasteiger partial charge in [-0.2, -0.15) is 0 Å².